The molecule has 196 valence electrons. The van der Waals surface area contributed by atoms with Crippen molar-refractivity contribution in [2.45, 2.75) is 56.9 Å². The number of carbonyl (C=O) groups excluding carboxylic acids is 1. The summed E-state index contributed by atoms with van der Waals surface area (Å²) < 4.78 is 34.8. The van der Waals surface area contributed by atoms with Crippen LogP contribution in [-0.2, 0) is 27.7 Å². The molecule has 1 atom stereocenters. The molecule has 0 fully saturated rings. The monoisotopic (exact) mass is 584 g/mol. The number of sulfonamides is 1. The molecule has 37 heavy (non-hydrogen) atoms. The number of hydrogen-bond acceptors (Lipinski definition) is 4. The van der Waals surface area contributed by atoms with Crippen molar-refractivity contribution in [2.75, 3.05) is 17.5 Å². The molecule has 1 aliphatic rings. The van der Waals surface area contributed by atoms with E-state index in [4.69, 9.17) is 4.74 Å². The summed E-state index contributed by atoms with van der Waals surface area (Å²) in [4.78, 5) is 13.4. The average molecular weight is 586 g/mol. The lowest BCUT2D eigenvalue weighted by Gasteiger charge is -2.26. The number of hydrogen-bond donors (Lipinski definition) is 1. The molecule has 8 heteroatoms. The lowest BCUT2D eigenvalue weighted by atomic mass is 9.89. The molecular weight excluding hydrogens is 552 g/mol. The maximum Gasteiger partial charge on any atom is 0.264 e. The molecule has 3 aromatic carbocycles. The predicted octanol–water partition coefficient (Wildman–Crippen LogP) is 6.19. The molecule has 1 amide bonds. The molecule has 0 aromatic heterocycles. The van der Waals surface area contributed by atoms with Crippen molar-refractivity contribution in [3.63, 3.8) is 0 Å². The number of nitrogens with zero attached hydrogens (tertiary/aromatic N) is 1. The number of nitrogens with one attached hydrogen (secondary N) is 1. The molecule has 0 bridgehead atoms. The van der Waals surface area contributed by atoms with E-state index < -0.39 is 10.0 Å². The molecular formula is C29H33BrN2O4S. The van der Waals surface area contributed by atoms with Gasteiger partial charge in [-0.3, -0.25) is 9.10 Å². The first-order valence-electron chi connectivity index (χ1n) is 12.7. The summed E-state index contributed by atoms with van der Waals surface area (Å²) in [5.74, 6) is 0.272. The first kappa shape index (κ1) is 27.2. The first-order chi connectivity index (χ1) is 17.8. The van der Waals surface area contributed by atoms with Gasteiger partial charge in [-0.25, -0.2) is 8.42 Å². The molecule has 1 aliphatic carbocycles. The third kappa shape index (κ3) is 6.54. The summed E-state index contributed by atoms with van der Waals surface area (Å²) in [5.41, 5.74) is 4.19. The Hall–Kier alpha value is -2.84. The second-order valence-corrected chi connectivity index (χ2v) is 11.9. The molecule has 4 rings (SSSR count). The van der Waals surface area contributed by atoms with Crippen molar-refractivity contribution >= 4 is 37.5 Å². The van der Waals surface area contributed by atoms with Crippen LogP contribution in [0.5, 0.6) is 5.75 Å². The van der Waals surface area contributed by atoms with E-state index in [1.165, 1.54) is 36.1 Å². The highest BCUT2D eigenvalue weighted by Gasteiger charge is 2.28. The second kappa shape index (κ2) is 12.1. The first-order valence-corrected chi connectivity index (χ1v) is 15.0. The third-order valence-corrected chi connectivity index (χ3v) is 8.96. The van der Waals surface area contributed by atoms with Gasteiger partial charge in [0.15, 0.2) is 0 Å². The fourth-order valence-corrected chi connectivity index (χ4v) is 6.37. The summed E-state index contributed by atoms with van der Waals surface area (Å²) >= 11 is 3.35. The van der Waals surface area contributed by atoms with Crippen molar-refractivity contribution in [3.8, 4) is 5.75 Å². The van der Waals surface area contributed by atoms with Crippen molar-refractivity contribution in [1.82, 2.24) is 5.32 Å². The van der Waals surface area contributed by atoms with Crippen LogP contribution in [0.2, 0.25) is 0 Å². The Morgan fingerprint density at radius 1 is 0.973 bits per heavy atom. The van der Waals surface area contributed by atoms with E-state index in [2.05, 4.69) is 39.4 Å². The van der Waals surface area contributed by atoms with Gasteiger partial charge in [-0.1, -0.05) is 41.1 Å². The Labute approximate surface area is 228 Å². The van der Waals surface area contributed by atoms with Gasteiger partial charge in [-0.05, 0) is 104 Å². The van der Waals surface area contributed by atoms with Gasteiger partial charge in [0.25, 0.3) is 10.0 Å². The van der Waals surface area contributed by atoms with Crippen LogP contribution in [0.25, 0.3) is 0 Å². The molecule has 1 N–H and O–H groups in total. The zero-order chi connectivity index (χ0) is 26.4. The zero-order valence-electron chi connectivity index (χ0n) is 21.2. The Bertz CT molecular complexity index is 1330. The maximum absolute atomic E-state index is 13.7. The topological polar surface area (TPSA) is 75.7 Å². The van der Waals surface area contributed by atoms with Crippen LogP contribution >= 0.6 is 15.9 Å². The molecule has 0 radical (unpaired) electrons. The lowest BCUT2D eigenvalue weighted by Crippen LogP contribution is -2.42. The van der Waals surface area contributed by atoms with Crippen molar-refractivity contribution in [3.05, 3.63) is 87.9 Å². The molecule has 1 unspecified atom stereocenters. The minimum absolute atomic E-state index is 0.110. The van der Waals surface area contributed by atoms with E-state index in [1.54, 1.807) is 36.4 Å². The standard InChI is InChI=1S/C29H33BrN2O4S/c1-3-28(23-10-9-21-7-5-6-8-22(21)19-23)31-29(33)20-32(25-13-15-26(16-14-25)36-4-2)37(34,35)27-17-11-24(30)12-18-27/h9-19,28H,3-8,20H2,1-2H3,(H,31,33). The van der Waals surface area contributed by atoms with Gasteiger partial charge in [0.1, 0.15) is 12.3 Å². The minimum atomic E-state index is -4.00. The number of aryl methyl sites for hydroxylation is 2. The highest BCUT2D eigenvalue weighted by molar-refractivity contribution is 9.10. The van der Waals surface area contributed by atoms with Gasteiger partial charge in [-0.15, -0.1) is 0 Å². The predicted molar refractivity (Wildman–Crippen MR) is 151 cm³/mol. The highest BCUT2D eigenvalue weighted by atomic mass is 79.9. The number of amides is 1. The van der Waals surface area contributed by atoms with Crippen LogP contribution in [0.4, 0.5) is 5.69 Å². The minimum Gasteiger partial charge on any atom is -0.494 e. The zero-order valence-corrected chi connectivity index (χ0v) is 23.6. The van der Waals surface area contributed by atoms with Gasteiger partial charge in [0.05, 0.1) is 23.2 Å². The summed E-state index contributed by atoms with van der Waals surface area (Å²) in [6.07, 6.45) is 5.26. The van der Waals surface area contributed by atoms with E-state index >= 15 is 0 Å². The molecule has 6 nitrogen and oxygen atoms in total. The molecule has 0 spiro atoms. The maximum atomic E-state index is 13.7. The fourth-order valence-electron chi connectivity index (χ4n) is 4.69. The summed E-state index contributed by atoms with van der Waals surface area (Å²) in [7, 11) is -4.00. The van der Waals surface area contributed by atoms with Crippen LogP contribution in [0, 0.1) is 0 Å². The largest absolute Gasteiger partial charge is 0.494 e. The van der Waals surface area contributed by atoms with Gasteiger partial charge in [-0.2, -0.15) is 0 Å². The lowest BCUT2D eigenvalue weighted by molar-refractivity contribution is -0.120. The third-order valence-electron chi connectivity index (χ3n) is 6.64. The van der Waals surface area contributed by atoms with E-state index in [-0.39, 0.29) is 23.4 Å². The van der Waals surface area contributed by atoms with Crippen LogP contribution in [-0.4, -0.2) is 27.5 Å². The normalized spacial score (nSPS) is 13.9. The van der Waals surface area contributed by atoms with E-state index in [9.17, 15) is 13.2 Å². The fraction of sp³-hybridized carbons (Fsp3) is 0.345. The Kier molecular flexibility index (Phi) is 8.92. The van der Waals surface area contributed by atoms with E-state index in [1.807, 2.05) is 13.8 Å². The summed E-state index contributed by atoms with van der Waals surface area (Å²) in [6, 6.07) is 19.4. The smallest absolute Gasteiger partial charge is 0.264 e. The van der Waals surface area contributed by atoms with E-state index in [0.717, 1.165) is 27.2 Å². The van der Waals surface area contributed by atoms with Gasteiger partial charge >= 0.3 is 0 Å². The van der Waals surface area contributed by atoms with Crippen LogP contribution in [0.15, 0.2) is 76.1 Å². The number of halogens is 1. The van der Waals surface area contributed by atoms with Crippen molar-refractivity contribution in [1.29, 1.82) is 0 Å². The number of benzene rings is 3. The highest BCUT2D eigenvalue weighted by Crippen LogP contribution is 2.28. The summed E-state index contributed by atoms with van der Waals surface area (Å²) in [6.45, 7) is 4.07. The molecule has 0 aliphatic heterocycles. The van der Waals surface area contributed by atoms with Crippen LogP contribution in [0.3, 0.4) is 0 Å². The quantitative estimate of drug-likeness (QED) is 0.308. The Morgan fingerprint density at radius 3 is 2.30 bits per heavy atom. The second-order valence-electron chi connectivity index (χ2n) is 9.16. The average Bonchev–Trinajstić information content (AvgIpc) is 2.91. The molecule has 3 aromatic rings. The van der Waals surface area contributed by atoms with E-state index in [0.29, 0.717) is 24.5 Å². The Balaban J connectivity index is 1.59. The van der Waals surface area contributed by atoms with Crippen molar-refractivity contribution < 1.29 is 17.9 Å². The van der Waals surface area contributed by atoms with Crippen LogP contribution < -0.4 is 14.4 Å². The number of ether oxygens (including phenoxy) is 1. The number of rotatable bonds is 10. The number of fused-ring (bicyclic) bond motifs is 1. The van der Waals surface area contributed by atoms with Gasteiger partial charge in [0, 0.05) is 4.47 Å². The number of anilines is 1. The van der Waals surface area contributed by atoms with Gasteiger partial charge < -0.3 is 10.1 Å². The van der Waals surface area contributed by atoms with Gasteiger partial charge in [0.2, 0.25) is 5.91 Å². The molecule has 0 heterocycles. The molecule has 0 saturated carbocycles. The van der Waals surface area contributed by atoms with Crippen molar-refractivity contribution in [2.24, 2.45) is 0 Å². The Morgan fingerprint density at radius 2 is 1.65 bits per heavy atom. The SMILES string of the molecule is CCOc1ccc(N(CC(=O)NC(CC)c2ccc3c(c2)CCCC3)S(=O)(=O)c2ccc(Br)cc2)cc1. The number of carbonyl (C=O) groups is 1. The summed E-state index contributed by atoms with van der Waals surface area (Å²) in [5, 5.41) is 3.08. The van der Waals surface area contributed by atoms with Crippen LogP contribution in [0.1, 0.15) is 55.8 Å². The molecule has 0 saturated heterocycles.